The Balaban J connectivity index is 1.59. The first-order valence-electron chi connectivity index (χ1n) is 7.47. The van der Waals surface area contributed by atoms with Crippen LogP contribution in [0.15, 0.2) is 48.5 Å². The molecule has 0 aliphatic heterocycles. The Bertz CT molecular complexity index is 705. The molecule has 2 atom stereocenters. The minimum Gasteiger partial charge on any atom is -0.326 e. The fourth-order valence-corrected chi connectivity index (χ4v) is 2.93. The third-order valence-electron chi connectivity index (χ3n) is 4.10. The molecule has 0 radical (unpaired) electrons. The van der Waals surface area contributed by atoms with Gasteiger partial charge in [0.25, 0.3) is 6.43 Å². The van der Waals surface area contributed by atoms with Crippen molar-refractivity contribution < 1.29 is 13.6 Å². The van der Waals surface area contributed by atoms with E-state index in [2.05, 4.69) is 5.32 Å². The lowest BCUT2D eigenvalue weighted by molar-refractivity contribution is -0.117. The second-order valence-corrected chi connectivity index (χ2v) is 6.23. The lowest BCUT2D eigenvalue weighted by atomic mass is 10.1. The van der Waals surface area contributed by atoms with Crippen molar-refractivity contribution in [3.8, 4) is 0 Å². The van der Waals surface area contributed by atoms with E-state index < -0.39 is 6.43 Å². The van der Waals surface area contributed by atoms with Crippen molar-refractivity contribution in [2.24, 2.45) is 11.8 Å². The van der Waals surface area contributed by atoms with Crippen LogP contribution in [0.4, 0.5) is 14.5 Å². The van der Waals surface area contributed by atoms with Crippen molar-refractivity contribution >= 4 is 23.2 Å². The summed E-state index contributed by atoms with van der Waals surface area (Å²) in [5.74, 6) is 0.147. The van der Waals surface area contributed by atoms with E-state index in [0.717, 1.165) is 12.8 Å². The largest absolute Gasteiger partial charge is 0.326 e. The zero-order valence-corrected chi connectivity index (χ0v) is 13.1. The van der Waals surface area contributed by atoms with Crippen LogP contribution in [-0.4, -0.2) is 5.91 Å². The third-order valence-corrected chi connectivity index (χ3v) is 4.44. The molecule has 1 aliphatic carbocycles. The minimum absolute atomic E-state index is 0.00590. The van der Waals surface area contributed by atoms with Gasteiger partial charge in [0.15, 0.2) is 0 Å². The average molecular weight is 336 g/mol. The monoisotopic (exact) mass is 335 g/mol. The molecule has 5 heteroatoms. The van der Waals surface area contributed by atoms with E-state index in [-0.39, 0.29) is 22.4 Å². The van der Waals surface area contributed by atoms with Crippen LogP contribution in [0.25, 0.3) is 0 Å². The number of anilines is 1. The Morgan fingerprint density at radius 3 is 2.65 bits per heavy atom. The van der Waals surface area contributed by atoms with Gasteiger partial charge >= 0.3 is 0 Å². The quantitative estimate of drug-likeness (QED) is 0.809. The zero-order chi connectivity index (χ0) is 16.4. The predicted molar refractivity (Wildman–Crippen MR) is 86.8 cm³/mol. The van der Waals surface area contributed by atoms with Crippen molar-refractivity contribution in [2.75, 3.05) is 5.32 Å². The molecule has 1 amide bonds. The lowest BCUT2D eigenvalue weighted by Gasteiger charge is -2.09. The van der Waals surface area contributed by atoms with Crippen molar-refractivity contribution in [2.45, 2.75) is 19.3 Å². The van der Waals surface area contributed by atoms with Crippen molar-refractivity contribution in [1.82, 2.24) is 0 Å². The number of benzene rings is 2. The zero-order valence-electron chi connectivity index (χ0n) is 12.3. The van der Waals surface area contributed by atoms with Crippen molar-refractivity contribution in [1.29, 1.82) is 0 Å². The highest BCUT2D eigenvalue weighted by Gasteiger charge is 2.42. The first-order valence-corrected chi connectivity index (χ1v) is 7.85. The number of carbonyl (C=O) groups is 1. The maximum atomic E-state index is 12.8. The van der Waals surface area contributed by atoms with Gasteiger partial charge in [0.05, 0.1) is 0 Å². The molecule has 3 rings (SSSR count). The lowest BCUT2D eigenvalue weighted by Crippen LogP contribution is -2.15. The summed E-state index contributed by atoms with van der Waals surface area (Å²) in [6, 6.07) is 14.2. The second kappa shape index (κ2) is 6.67. The minimum atomic E-state index is -2.66. The molecule has 1 N–H and O–H groups in total. The first kappa shape index (κ1) is 15.9. The summed E-state index contributed by atoms with van der Waals surface area (Å²) in [5, 5.41) is 2.72. The second-order valence-electron chi connectivity index (χ2n) is 5.82. The SMILES string of the molecule is O=C(Nc1ccc(Cl)c(C(F)F)c1)C1CC1Cc1ccccc1. The number of halogens is 3. The number of hydrogen-bond acceptors (Lipinski definition) is 1. The molecule has 1 aliphatic rings. The molecule has 0 bridgehead atoms. The van der Waals surface area contributed by atoms with Gasteiger partial charge in [0.2, 0.25) is 5.91 Å². The van der Waals surface area contributed by atoms with E-state index in [9.17, 15) is 13.6 Å². The smallest absolute Gasteiger partial charge is 0.265 e. The van der Waals surface area contributed by atoms with Crippen molar-refractivity contribution in [3.63, 3.8) is 0 Å². The molecule has 2 aromatic rings. The van der Waals surface area contributed by atoms with E-state index in [0.29, 0.717) is 11.6 Å². The topological polar surface area (TPSA) is 29.1 Å². The summed E-state index contributed by atoms with van der Waals surface area (Å²) in [6.45, 7) is 0. The molecule has 23 heavy (non-hydrogen) atoms. The van der Waals surface area contributed by atoms with Gasteiger partial charge in [-0.2, -0.15) is 0 Å². The Morgan fingerprint density at radius 1 is 1.22 bits per heavy atom. The molecular weight excluding hydrogens is 320 g/mol. The number of rotatable bonds is 5. The van der Waals surface area contributed by atoms with Crippen LogP contribution in [0, 0.1) is 11.8 Å². The molecule has 1 saturated carbocycles. The molecule has 2 unspecified atom stereocenters. The van der Waals surface area contributed by atoms with Gasteiger partial charge in [0.1, 0.15) is 0 Å². The van der Waals surface area contributed by atoms with Gasteiger partial charge in [0, 0.05) is 22.2 Å². The van der Waals surface area contributed by atoms with Gasteiger partial charge < -0.3 is 5.32 Å². The highest BCUT2D eigenvalue weighted by Crippen LogP contribution is 2.42. The summed E-state index contributed by atoms with van der Waals surface area (Å²) in [5.41, 5.74) is 1.31. The van der Waals surface area contributed by atoms with Gasteiger partial charge in [-0.1, -0.05) is 41.9 Å². The molecule has 120 valence electrons. The predicted octanol–water partition coefficient (Wildman–Crippen LogP) is 5.09. The van der Waals surface area contributed by atoms with Gasteiger partial charge in [-0.15, -0.1) is 0 Å². The average Bonchev–Trinajstić information content (AvgIpc) is 3.29. The molecule has 0 aromatic heterocycles. The molecule has 0 heterocycles. The standard InChI is InChI=1S/C18H16ClF2NO/c19-16-7-6-13(10-15(16)17(20)21)22-18(23)14-9-12(14)8-11-4-2-1-3-5-11/h1-7,10,12,14,17H,8-9H2,(H,22,23). The van der Waals surface area contributed by atoms with Crippen molar-refractivity contribution in [3.05, 3.63) is 64.7 Å². The molecular formula is C18H16ClF2NO. The number of nitrogens with one attached hydrogen (secondary N) is 1. The Kier molecular flexibility index (Phi) is 4.62. The summed E-state index contributed by atoms with van der Waals surface area (Å²) in [6.07, 6.45) is -0.969. The molecule has 2 nitrogen and oxygen atoms in total. The summed E-state index contributed by atoms with van der Waals surface area (Å²) in [7, 11) is 0. The van der Waals surface area contributed by atoms with Crippen LogP contribution in [-0.2, 0) is 11.2 Å². The van der Waals surface area contributed by atoms with E-state index in [1.165, 1.54) is 17.7 Å². The number of alkyl halides is 2. The third kappa shape index (κ3) is 3.88. The van der Waals surface area contributed by atoms with Crippen LogP contribution in [0.3, 0.4) is 0 Å². The maximum Gasteiger partial charge on any atom is 0.265 e. The summed E-state index contributed by atoms with van der Waals surface area (Å²) in [4.78, 5) is 12.2. The number of hydrogen-bond donors (Lipinski definition) is 1. The first-order chi connectivity index (χ1) is 11.0. The highest BCUT2D eigenvalue weighted by atomic mass is 35.5. The van der Waals surface area contributed by atoms with Gasteiger partial charge in [-0.05, 0) is 42.5 Å². The van der Waals surface area contributed by atoms with Crippen LogP contribution < -0.4 is 5.32 Å². The van der Waals surface area contributed by atoms with E-state index >= 15 is 0 Å². The molecule has 2 aromatic carbocycles. The fourth-order valence-electron chi connectivity index (χ4n) is 2.73. The van der Waals surface area contributed by atoms with E-state index in [1.54, 1.807) is 6.07 Å². The maximum absolute atomic E-state index is 12.8. The van der Waals surface area contributed by atoms with Gasteiger partial charge in [-0.25, -0.2) is 8.78 Å². The van der Waals surface area contributed by atoms with Gasteiger partial charge in [-0.3, -0.25) is 4.79 Å². The fraction of sp³-hybridized carbons (Fsp3) is 0.278. The number of amides is 1. The van der Waals surface area contributed by atoms with Crippen LogP contribution in [0.2, 0.25) is 5.02 Å². The molecule has 1 fully saturated rings. The van der Waals surface area contributed by atoms with Crippen LogP contribution in [0.1, 0.15) is 24.0 Å². The highest BCUT2D eigenvalue weighted by molar-refractivity contribution is 6.31. The Labute approximate surface area is 138 Å². The Hall–Kier alpha value is -1.94. The normalized spacial score (nSPS) is 19.7. The Morgan fingerprint density at radius 2 is 1.96 bits per heavy atom. The molecule has 0 saturated heterocycles. The van der Waals surface area contributed by atoms with Crippen LogP contribution >= 0.6 is 11.6 Å². The summed E-state index contributed by atoms with van der Waals surface area (Å²) >= 11 is 5.72. The summed E-state index contributed by atoms with van der Waals surface area (Å²) < 4.78 is 25.6. The number of carbonyl (C=O) groups excluding carboxylic acids is 1. The molecule has 0 spiro atoms. The van der Waals surface area contributed by atoms with E-state index in [1.807, 2.05) is 30.3 Å². The van der Waals surface area contributed by atoms with E-state index in [4.69, 9.17) is 11.6 Å². The van der Waals surface area contributed by atoms with Crippen LogP contribution in [0.5, 0.6) is 0 Å².